The van der Waals surface area contributed by atoms with Gasteiger partial charge in [0.2, 0.25) is 6.10 Å². The van der Waals surface area contributed by atoms with Gasteiger partial charge >= 0.3 is 0 Å². The molecule has 0 aliphatic carbocycles. The third-order valence-electron chi connectivity index (χ3n) is 3.01. The molecule has 1 aromatic carbocycles. The van der Waals surface area contributed by atoms with Gasteiger partial charge in [0.25, 0.3) is 5.91 Å². The van der Waals surface area contributed by atoms with E-state index in [1.165, 1.54) is 16.2 Å². The minimum Gasteiger partial charge on any atom is -0.485 e. The first-order chi connectivity index (χ1) is 9.65. The highest BCUT2D eigenvalue weighted by Crippen LogP contribution is 2.31. The smallest absolute Gasteiger partial charge is 0.273 e. The Morgan fingerprint density at radius 1 is 1.40 bits per heavy atom. The Bertz CT molecular complexity index is 641. The number of anilines is 1. The summed E-state index contributed by atoms with van der Waals surface area (Å²) in [5, 5.41) is 2.57. The molecule has 1 aromatic heterocycles. The summed E-state index contributed by atoms with van der Waals surface area (Å²) in [6.07, 6.45) is -0.640. The molecule has 5 nitrogen and oxygen atoms in total. The number of nitrogens with zero attached hydrogens (tertiary/aromatic N) is 2. The molecule has 0 fully saturated rings. The number of aryl methyl sites for hydroxylation is 1. The van der Waals surface area contributed by atoms with Crippen LogP contribution in [0.3, 0.4) is 0 Å². The van der Waals surface area contributed by atoms with Crippen molar-refractivity contribution >= 4 is 22.4 Å². The van der Waals surface area contributed by atoms with E-state index in [-0.39, 0.29) is 12.5 Å². The fourth-order valence-electron chi connectivity index (χ4n) is 1.95. The Labute approximate surface area is 120 Å². The number of aromatic nitrogens is 1. The zero-order valence-corrected chi connectivity index (χ0v) is 12.0. The van der Waals surface area contributed by atoms with Gasteiger partial charge < -0.3 is 9.47 Å². The Morgan fingerprint density at radius 3 is 2.85 bits per heavy atom. The quantitative estimate of drug-likeness (QED) is 0.851. The minimum atomic E-state index is -0.640. The molecule has 0 saturated heterocycles. The summed E-state index contributed by atoms with van der Waals surface area (Å²) in [6.45, 7) is 2.11. The molecule has 1 amide bonds. The van der Waals surface area contributed by atoms with E-state index >= 15 is 0 Å². The van der Waals surface area contributed by atoms with Gasteiger partial charge in [-0.05, 0) is 19.1 Å². The summed E-state index contributed by atoms with van der Waals surface area (Å²) in [5.41, 5.74) is 0.899. The van der Waals surface area contributed by atoms with Crippen LogP contribution in [0, 0.1) is 6.92 Å². The SMILES string of the molecule is Cc1csc(N(C)C(=O)[C@@H]2COc3ccccc3O2)n1. The Balaban J connectivity index is 1.76. The van der Waals surface area contributed by atoms with Crippen molar-refractivity contribution in [3.63, 3.8) is 0 Å². The molecule has 6 heteroatoms. The summed E-state index contributed by atoms with van der Waals surface area (Å²) in [4.78, 5) is 18.2. The third kappa shape index (κ3) is 2.34. The lowest BCUT2D eigenvalue weighted by Crippen LogP contribution is -2.45. The zero-order valence-electron chi connectivity index (χ0n) is 11.2. The molecular weight excluding hydrogens is 276 g/mol. The van der Waals surface area contributed by atoms with Crippen molar-refractivity contribution in [3.05, 3.63) is 35.3 Å². The number of amides is 1. The predicted octanol–water partition coefficient (Wildman–Crippen LogP) is 2.25. The van der Waals surface area contributed by atoms with Crippen molar-refractivity contribution < 1.29 is 14.3 Å². The van der Waals surface area contributed by atoms with Crippen LogP contribution in [0.15, 0.2) is 29.6 Å². The van der Waals surface area contributed by atoms with E-state index in [0.29, 0.717) is 16.6 Å². The molecule has 0 saturated carbocycles. The highest BCUT2D eigenvalue weighted by molar-refractivity contribution is 7.14. The largest absolute Gasteiger partial charge is 0.485 e. The molecular formula is C14H14N2O3S. The summed E-state index contributed by atoms with van der Waals surface area (Å²) < 4.78 is 11.3. The maximum absolute atomic E-state index is 12.4. The van der Waals surface area contributed by atoms with Crippen LogP contribution in [-0.2, 0) is 4.79 Å². The number of carbonyl (C=O) groups is 1. The molecule has 2 heterocycles. The summed E-state index contributed by atoms with van der Waals surface area (Å²) in [7, 11) is 1.70. The first-order valence-corrected chi connectivity index (χ1v) is 7.11. The van der Waals surface area contributed by atoms with Crippen molar-refractivity contribution in [2.75, 3.05) is 18.6 Å². The topological polar surface area (TPSA) is 51.7 Å². The van der Waals surface area contributed by atoms with Gasteiger partial charge in [-0.15, -0.1) is 11.3 Å². The molecule has 20 heavy (non-hydrogen) atoms. The normalized spacial score (nSPS) is 16.8. The molecule has 1 aliphatic heterocycles. The van der Waals surface area contributed by atoms with E-state index in [1.54, 1.807) is 13.1 Å². The first kappa shape index (κ1) is 12.9. The van der Waals surface area contributed by atoms with Crippen LogP contribution in [0.4, 0.5) is 5.13 Å². The highest BCUT2D eigenvalue weighted by atomic mass is 32.1. The number of thiazole rings is 1. The monoisotopic (exact) mass is 290 g/mol. The lowest BCUT2D eigenvalue weighted by Gasteiger charge is -2.27. The van der Waals surface area contributed by atoms with Crippen molar-refractivity contribution in [1.29, 1.82) is 0 Å². The van der Waals surface area contributed by atoms with E-state index in [4.69, 9.17) is 9.47 Å². The van der Waals surface area contributed by atoms with E-state index in [2.05, 4.69) is 4.98 Å². The average molecular weight is 290 g/mol. The molecule has 0 radical (unpaired) electrons. The van der Waals surface area contributed by atoms with Gasteiger partial charge in [0.1, 0.15) is 6.61 Å². The van der Waals surface area contributed by atoms with Crippen molar-refractivity contribution in [3.8, 4) is 11.5 Å². The number of likely N-dealkylation sites (N-methyl/N-ethyl adjacent to an activating group) is 1. The number of para-hydroxylation sites is 2. The average Bonchev–Trinajstić information content (AvgIpc) is 2.92. The molecule has 0 bridgehead atoms. The van der Waals surface area contributed by atoms with Gasteiger partial charge in [-0.25, -0.2) is 4.98 Å². The van der Waals surface area contributed by atoms with Crippen molar-refractivity contribution in [2.24, 2.45) is 0 Å². The van der Waals surface area contributed by atoms with E-state index in [9.17, 15) is 4.79 Å². The van der Waals surface area contributed by atoms with Crippen LogP contribution in [0.5, 0.6) is 11.5 Å². The first-order valence-electron chi connectivity index (χ1n) is 6.23. The van der Waals surface area contributed by atoms with Crippen LogP contribution in [0.1, 0.15) is 5.69 Å². The Kier molecular flexibility index (Phi) is 3.31. The molecule has 0 N–H and O–H groups in total. The minimum absolute atomic E-state index is 0.158. The van der Waals surface area contributed by atoms with Crippen LogP contribution in [0.2, 0.25) is 0 Å². The van der Waals surface area contributed by atoms with Crippen LogP contribution in [0.25, 0.3) is 0 Å². The fraction of sp³-hybridized carbons (Fsp3) is 0.286. The Morgan fingerprint density at radius 2 is 2.15 bits per heavy atom. The molecule has 0 unspecified atom stereocenters. The molecule has 104 valence electrons. The Hall–Kier alpha value is -2.08. The van der Waals surface area contributed by atoms with Gasteiger partial charge in [0, 0.05) is 12.4 Å². The van der Waals surface area contributed by atoms with Gasteiger partial charge in [0.05, 0.1) is 5.69 Å². The van der Waals surface area contributed by atoms with E-state index in [0.717, 1.165) is 5.69 Å². The van der Waals surface area contributed by atoms with Crippen LogP contribution in [-0.4, -0.2) is 30.6 Å². The second kappa shape index (κ2) is 5.13. The predicted molar refractivity (Wildman–Crippen MR) is 76.6 cm³/mol. The lowest BCUT2D eigenvalue weighted by molar-refractivity contribution is -0.127. The van der Waals surface area contributed by atoms with Gasteiger partial charge in [-0.1, -0.05) is 12.1 Å². The number of hydrogen-bond acceptors (Lipinski definition) is 5. The van der Waals surface area contributed by atoms with E-state index in [1.807, 2.05) is 30.5 Å². The van der Waals surface area contributed by atoms with E-state index < -0.39 is 6.10 Å². The summed E-state index contributed by atoms with van der Waals surface area (Å²) >= 11 is 1.43. The standard InChI is InChI=1S/C14H14N2O3S/c1-9-8-20-14(15-9)16(2)13(17)12-7-18-10-5-3-4-6-11(10)19-12/h3-6,8,12H,7H2,1-2H3/t12-/m0/s1. The van der Waals surface area contributed by atoms with Gasteiger partial charge in [-0.3, -0.25) is 9.69 Å². The maximum Gasteiger partial charge on any atom is 0.273 e. The lowest BCUT2D eigenvalue weighted by atomic mass is 10.2. The molecule has 3 rings (SSSR count). The van der Waals surface area contributed by atoms with Gasteiger partial charge in [-0.2, -0.15) is 0 Å². The second-order valence-electron chi connectivity index (χ2n) is 4.53. The van der Waals surface area contributed by atoms with Crippen LogP contribution >= 0.6 is 11.3 Å². The number of fused-ring (bicyclic) bond motifs is 1. The zero-order chi connectivity index (χ0) is 14.1. The van der Waals surface area contributed by atoms with Gasteiger partial charge in [0.15, 0.2) is 16.6 Å². The number of hydrogen-bond donors (Lipinski definition) is 0. The molecule has 1 aliphatic rings. The molecule has 2 aromatic rings. The molecule has 0 spiro atoms. The fourth-order valence-corrected chi connectivity index (χ4v) is 2.72. The highest BCUT2D eigenvalue weighted by Gasteiger charge is 2.31. The second-order valence-corrected chi connectivity index (χ2v) is 5.37. The number of ether oxygens (including phenoxy) is 2. The third-order valence-corrected chi connectivity index (χ3v) is 4.04. The van der Waals surface area contributed by atoms with Crippen LogP contribution < -0.4 is 14.4 Å². The number of carbonyl (C=O) groups excluding carboxylic acids is 1. The van der Waals surface area contributed by atoms with Crippen molar-refractivity contribution in [2.45, 2.75) is 13.0 Å². The maximum atomic E-state index is 12.4. The summed E-state index contributed by atoms with van der Waals surface area (Å²) in [5.74, 6) is 1.11. The number of benzene rings is 1. The number of rotatable bonds is 2. The molecule has 1 atom stereocenters. The summed E-state index contributed by atoms with van der Waals surface area (Å²) in [6, 6.07) is 7.34. The van der Waals surface area contributed by atoms with Crippen molar-refractivity contribution in [1.82, 2.24) is 4.98 Å².